The van der Waals surface area contributed by atoms with E-state index < -0.39 is 0 Å². The van der Waals surface area contributed by atoms with Crippen LogP contribution in [0.3, 0.4) is 0 Å². The number of aliphatic hydroxyl groups is 1. The minimum atomic E-state index is 0.0191. The van der Waals surface area contributed by atoms with E-state index in [9.17, 15) is 15.0 Å². The van der Waals surface area contributed by atoms with Crippen LogP contribution in [-0.4, -0.2) is 65.8 Å². The monoisotopic (exact) mass is 340 g/mol. The third kappa shape index (κ3) is 4.83. The first kappa shape index (κ1) is 18.0. The van der Waals surface area contributed by atoms with Crippen LogP contribution in [0.25, 0.3) is 0 Å². The molecule has 1 amide bonds. The molecule has 1 aromatic carbocycles. The SMILES string of the molecule is CN(C)[C@@H]1CC[C@H](CO)CN(C(=O)Cc2ccc(O)c(Cl)c2)C1. The molecular formula is C17H25ClN2O3. The molecular weight excluding hydrogens is 316 g/mol. The Kier molecular flexibility index (Phi) is 6.27. The highest BCUT2D eigenvalue weighted by atomic mass is 35.5. The zero-order valence-corrected chi connectivity index (χ0v) is 14.5. The van der Waals surface area contributed by atoms with Gasteiger partial charge in [0, 0.05) is 25.7 Å². The molecule has 1 aromatic rings. The van der Waals surface area contributed by atoms with E-state index in [1.165, 1.54) is 6.07 Å². The summed E-state index contributed by atoms with van der Waals surface area (Å²) in [5.74, 6) is 0.178. The Morgan fingerprint density at radius 3 is 2.70 bits per heavy atom. The summed E-state index contributed by atoms with van der Waals surface area (Å²) in [6.07, 6.45) is 2.15. The second kappa shape index (κ2) is 7.99. The normalized spacial score (nSPS) is 22.2. The lowest BCUT2D eigenvalue weighted by atomic mass is 10.0. The Hall–Kier alpha value is -1.30. The van der Waals surface area contributed by atoms with E-state index in [4.69, 9.17) is 11.6 Å². The van der Waals surface area contributed by atoms with Crippen molar-refractivity contribution in [3.05, 3.63) is 28.8 Å². The van der Waals surface area contributed by atoms with Gasteiger partial charge in [-0.1, -0.05) is 17.7 Å². The van der Waals surface area contributed by atoms with Crippen LogP contribution in [-0.2, 0) is 11.2 Å². The number of phenols is 1. The number of halogens is 1. The van der Waals surface area contributed by atoms with E-state index in [0.29, 0.717) is 19.1 Å². The summed E-state index contributed by atoms with van der Waals surface area (Å²) < 4.78 is 0. The molecule has 0 bridgehead atoms. The van der Waals surface area contributed by atoms with Crippen LogP contribution in [0.1, 0.15) is 18.4 Å². The maximum atomic E-state index is 12.7. The summed E-state index contributed by atoms with van der Waals surface area (Å²) in [6, 6.07) is 5.15. The number of nitrogens with zero attached hydrogens (tertiary/aromatic N) is 2. The van der Waals surface area contributed by atoms with Crippen LogP contribution in [0.4, 0.5) is 0 Å². The molecule has 1 aliphatic heterocycles. The maximum Gasteiger partial charge on any atom is 0.227 e. The van der Waals surface area contributed by atoms with E-state index >= 15 is 0 Å². The highest BCUT2D eigenvalue weighted by molar-refractivity contribution is 6.32. The number of likely N-dealkylation sites (tertiary alicyclic amines) is 1. The summed E-state index contributed by atoms with van der Waals surface area (Å²) in [4.78, 5) is 16.6. The second-order valence-electron chi connectivity index (χ2n) is 6.50. The maximum absolute atomic E-state index is 12.7. The van der Waals surface area contributed by atoms with Gasteiger partial charge in [0.05, 0.1) is 11.4 Å². The molecule has 1 saturated heterocycles. The van der Waals surface area contributed by atoms with E-state index in [0.717, 1.165) is 18.4 Å². The predicted octanol–water partition coefficient (Wildman–Crippen LogP) is 1.75. The largest absolute Gasteiger partial charge is 0.506 e. The average molecular weight is 341 g/mol. The summed E-state index contributed by atoms with van der Waals surface area (Å²) in [6.45, 7) is 1.37. The van der Waals surface area contributed by atoms with Gasteiger partial charge >= 0.3 is 0 Å². The number of phenolic OH excluding ortho intramolecular Hbond substituents is 1. The Morgan fingerprint density at radius 2 is 2.09 bits per heavy atom. The van der Waals surface area contributed by atoms with Gasteiger partial charge in [0.1, 0.15) is 5.75 Å². The first-order chi connectivity index (χ1) is 10.9. The highest BCUT2D eigenvalue weighted by Gasteiger charge is 2.27. The fourth-order valence-electron chi connectivity index (χ4n) is 2.97. The van der Waals surface area contributed by atoms with Crippen LogP contribution < -0.4 is 0 Å². The number of carbonyl (C=O) groups excluding carboxylic acids is 1. The first-order valence-electron chi connectivity index (χ1n) is 7.93. The molecule has 0 unspecified atom stereocenters. The van der Waals surface area contributed by atoms with Crippen molar-refractivity contribution in [3.8, 4) is 5.75 Å². The molecule has 1 fully saturated rings. The van der Waals surface area contributed by atoms with Gasteiger partial charge in [0.15, 0.2) is 0 Å². The number of amides is 1. The third-order valence-electron chi connectivity index (χ3n) is 4.53. The molecule has 1 heterocycles. The van der Waals surface area contributed by atoms with Gasteiger partial charge < -0.3 is 20.0 Å². The number of carbonyl (C=O) groups is 1. The zero-order valence-electron chi connectivity index (χ0n) is 13.7. The molecule has 6 heteroatoms. The Bertz CT molecular complexity index is 551. The summed E-state index contributed by atoms with van der Waals surface area (Å²) in [5.41, 5.74) is 0.781. The van der Waals surface area contributed by atoms with E-state index in [-0.39, 0.29) is 35.6 Å². The fraction of sp³-hybridized carbons (Fsp3) is 0.588. The average Bonchev–Trinajstić information content (AvgIpc) is 2.73. The highest BCUT2D eigenvalue weighted by Crippen LogP contribution is 2.25. The van der Waals surface area contributed by atoms with Crippen molar-refractivity contribution >= 4 is 17.5 Å². The summed E-state index contributed by atoms with van der Waals surface area (Å²) >= 11 is 5.90. The molecule has 1 aliphatic rings. The minimum Gasteiger partial charge on any atom is -0.506 e. The number of hydrogen-bond acceptors (Lipinski definition) is 4. The molecule has 0 saturated carbocycles. The van der Waals surface area contributed by atoms with Crippen molar-refractivity contribution in [3.63, 3.8) is 0 Å². The zero-order chi connectivity index (χ0) is 17.0. The van der Waals surface area contributed by atoms with Gasteiger partial charge in [-0.3, -0.25) is 4.79 Å². The van der Waals surface area contributed by atoms with Gasteiger partial charge in [-0.05, 0) is 50.6 Å². The number of rotatable bonds is 4. The molecule has 23 heavy (non-hydrogen) atoms. The summed E-state index contributed by atoms with van der Waals surface area (Å²) in [7, 11) is 4.04. The van der Waals surface area contributed by atoms with Crippen molar-refractivity contribution in [1.29, 1.82) is 0 Å². The lowest BCUT2D eigenvalue weighted by molar-refractivity contribution is -0.131. The molecule has 128 valence electrons. The minimum absolute atomic E-state index is 0.0191. The summed E-state index contributed by atoms with van der Waals surface area (Å²) in [5, 5.41) is 19.2. The van der Waals surface area contributed by atoms with Gasteiger partial charge in [0.25, 0.3) is 0 Å². The molecule has 0 spiro atoms. The Morgan fingerprint density at radius 1 is 1.35 bits per heavy atom. The quantitative estimate of drug-likeness (QED) is 0.876. The Balaban J connectivity index is 2.09. The van der Waals surface area contributed by atoms with E-state index in [1.54, 1.807) is 12.1 Å². The molecule has 2 N–H and O–H groups in total. The number of likely N-dealkylation sites (N-methyl/N-ethyl adjacent to an activating group) is 1. The van der Waals surface area contributed by atoms with Crippen molar-refractivity contribution in [2.45, 2.75) is 25.3 Å². The van der Waals surface area contributed by atoms with Crippen LogP contribution in [0.15, 0.2) is 18.2 Å². The smallest absolute Gasteiger partial charge is 0.227 e. The molecule has 0 aromatic heterocycles. The number of aromatic hydroxyl groups is 1. The van der Waals surface area contributed by atoms with Crippen LogP contribution >= 0.6 is 11.6 Å². The predicted molar refractivity (Wildman–Crippen MR) is 90.7 cm³/mol. The van der Waals surface area contributed by atoms with E-state index in [2.05, 4.69) is 4.90 Å². The number of benzene rings is 1. The number of aliphatic hydroxyl groups excluding tert-OH is 1. The van der Waals surface area contributed by atoms with Crippen molar-refractivity contribution in [2.75, 3.05) is 33.8 Å². The van der Waals surface area contributed by atoms with Gasteiger partial charge in [0.2, 0.25) is 5.91 Å². The van der Waals surface area contributed by atoms with E-state index in [1.807, 2.05) is 19.0 Å². The molecule has 2 rings (SSSR count). The van der Waals surface area contributed by atoms with Gasteiger partial charge in [-0.2, -0.15) is 0 Å². The van der Waals surface area contributed by atoms with Crippen molar-refractivity contribution < 1.29 is 15.0 Å². The molecule has 5 nitrogen and oxygen atoms in total. The van der Waals surface area contributed by atoms with Crippen molar-refractivity contribution in [1.82, 2.24) is 9.80 Å². The van der Waals surface area contributed by atoms with Crippen LogP contribution in [0.5, 0.6) is 5.75 Å². The lowest BCUT2D eigenvalue weighted by Crippen LogP contribution is -2.43. The van der Waals surface area contributed by atoms with Crippen LogP contribution in [0.2, 0.25) is 5.02 Å². The topological polar surface area (TPSA) is 64.0 Å². The lowest BCUT2D eigenvalue weighted by Gasteiger charge is -2.29. The fourth-order valence-corrected chi connectivity index (χ4v) is 3.18. The first-order valence-corrected chi connectivity index (χ1v) is 8.31. The van der Waals surface area contributed by atoms with Crippen LogP contribution in [0, 0.1) is 5.92 Å². The number of hydrogen-bond donors (Lipinski definition) is 2. The second-order valence-corrected chi connectivity index (χ2v) is 6.91. The van der Waals surface area contributed by atoms with Crippen molar-refractivity contribution in [2.24, 2.45) is 5.92 Å². The van der Waals surface area contributed by atoms with Gasteiger partial charge in [-0.25, -0.2) is 0 Å². The Labute approximate surface area is 142 Å². The molecule has 0 radical (unpaired) electrons. The standard InChI is InChI=1S/C17H25ClN2O3/c1-19(2)14-5-3-13(11-21)9-20(10-14)17(23)8-12-4-6-16(22)15(18)7-12/h4,6-7,13-14,21-22H,3,5,8-11H2,1-2H3/t13-,14+/m0/s1. The van der Waals surface area contributed by atoms with Gasteiger partial charge in [-0.15, -0.1) is 0 Å². The third-order valence-corrected chi connectivity index (χ3v) is 4.83. The molecule has 2 atom stereocenters. The molecule has 0 aliphatic carbocycles.